The number of aromatic nitrogens is 1. The first kappa shape index (κ1) is 11.1. The highest BCUT2D eigenvalue weighted by Gasteiger charge is 1.97. The monoisotopic (exact) mass is 209 g/mol. The van der Waals surface area contributed by atoms with Gasteiger partial charge in [0.1, 0.15) is 5.82 Å². The van der Waals surface area contributed by atoms with E-state index in [0.717, 1.165) is 11.4 Å². The quantitative estimate of drug-likeness (QED) is 0.526. The SMILES string of the molecule is Cc1cc(NCCNC(N)=O)ncc1N. The number of primary amides is 1. The smallest absolute Gasteiger partial charge is 0.312 e. The second-order valence-corrected chi connectivity index (χ2v) is 3.14. The first-order chi connectivity index (χ1) is 7.09. The van der Waals surface area contributed by atoms with E-state index in [1.807, 2.05) is 13.0 Å². The summed E-state index contributed by atoms with van der Waals surface area (Å²) in [5.41, 5.74) is 12.2. The van der Waals surface area contributed by atoms with E-state index in [0.29, 0.717) is 18.8 Å². The molecule has 6 nitrogen and oxygen atoms in total. The molecule has 0 saturated heterocycles. The summed E-state index contributed by atoms with van der Waals surface area (Å²) in [6, 6.07) is 1.32. The fourth-order valence-electron chi connectivity index (χ4n) is 1.04. The van der Waals surface area contributed by atoms with E-state index in [-0.39, 0.29) is 0 Å². The third-order valence-electron chi connectivity index (χ3n) is 1.88. The van der Waals surface area contributed by atoms with Crippen molar-refractivity contribution in [1.29, 1.82) is 0 Å². The lowest BCUT2D eigenvalue weighted by atomic mass is 10.2. The highest BCUT2D eigenvalue weighted by atomic mass is 16.2. The first-order valence-corrected chi connectivity index (χ1v) is 4.59. The molecule has 1 rings (SSSR count). The van der Waals surface area contributed by atoms with Crippen molar-refractivity contribution in [3.05, 3.63) is 17.8 Å². The number of aryl methyl sites for hydroxylation is 1. The van der Waals surface area contributed by atoms with E-state index in [4.69, 9.17) is 11.5 Å². The molecule has 0 aromatic carbocycles. The summed E-state index contributed by atoms with van der Waals surface area (Å²) in [5, 5.41) is 5.50. The molecule has 1 aromatic heterocycles. The van der Waals surface area contributed by atoms with Crippen LogP contribution in [0.25, 0.3) is 0 Å². The summed E-state index contributed by atoms with van der Waals surface area (Å²) in [6.07, 6.45) is 1.60. The molecule has 82 valence electrons. The number of rotatable bonds is 4. The molecule has 0 spiro atoms. The number of carbonyl (C=O) groups excluding carboxylic acids is 1. The Balaban J connectivity index is 2.38. The van der Waals surface area contributed by atoms with Crippen LogP contribution in [-0.4, -0.2) is 24.1 Å². The van der Waals surface area contributed by atoms with E-state index in [1.54, 1.807) is 6.20 Å². The summed E-state index contributed by atoms with van der Waals surface area (Å²) in [6.45, 7) is 2.93. The van der Waals surface area contributed by atoms with Crippen molar-refractivity contribution in [2.75, 3.05) is 24.1 Å². The van der Waals surface area contributed by atoms with Gasteiger partial charge >= 0.3 is 6.03 Å². The molecule has 0 fully saturated rings. The molecule has 6 N–H and O–H groups in total. The van der Waals surface area contributed by atoms with Gasteiger partial charge in [-0.05, 0) is 18.6 Å². The normalized spacial score (nSPS) is 9.67. The molecule has 15 heavy (non-hydrogen) atoms. The van der Waals surface area contributed by atoms with Crippen molar-refractivity contribution < 1.29 is 4.79 Å². The van der Waals surface area contributed by atoms with Crippen LogP contribution in [0.15, 0.2) is 12.3 Å². The maximum atomic E-state index is 10.4. The lowest BCUT2D eigenvalue weighted by Crippen LogP contribution is -2.33. The summed E-state index contributed by atoms with van der Waals surface area (Å²) in [4.78, 5) is 14.4. The van der Waals surface area contributed by atoms with Gasteiger partial charge in [0, 0.05) is 13.1 Å². The number of pyridine rings is 1. The van der Waals surface area contributed by atoms with E-state index >= 15 is 0 Å². The van der Waals surface area contributed by atoms with Crippen molar-refractivity contribution in [3.8, 4) is 0 Å². The Morgan fingerprint density at radius 3 is 2.87 bits per heavy atom. The van der Waals surface area contributed by atoms with Crippen molar-refractivity contribution >= 4 is 17.5 Å². The molecular formula is C9H15N5O. The van der Waals surface area contributed by atoms with Crippen LogP contribution in [0.4, 0.5) is 16.3 Å². The molecule has 1 aromatic rings. The van der Waals surface area contributed by atoms with Gasteiger partial charge in [-0.15, -0.1) is 0 Å². The minimum atomic E-state index is -0.529. The van der Waals surface area contributed by atoms with Crippen molar-refractivity contribution in [2.45, 2.75) is 6.92 Å². The van der Waals surface area contributed by atoms with E-state index in [9.17, 15) is 4.79 Å². The fraction of sp³-hybridized carbons (Fsp3) is 0.333. The van der Waals surface area contributed by atoms with Crippen molar-refractivity contribution in [3.63, 3.8) is 0 Å². The predicted molar refractivity (Wildman–Crippen MR) is 59.5 cm³/mol. The van der Waals surface area contributed by atoms with Crippen LogP contribution < -0.4 is 22.1 Å². The lowest BCUT2D eigenvalue weighted by molar-refractivity contribution is 0.249. The van der Waals surface area contributed by atoms with Crippen LogP contribution in [-0.2, 0) is 0 Å². The van der Waals surface area contributed by atoms with Crippen molar-refractivity contribution in [1.82, 2.24) is 10.3 Å². The van der Waals surface area contributed by atoms with Gasteiger partial charge in [-0.3, -0.25) is 0 Å². The second-order valence-electron chi connectivity index (χ2n) is 3.14. The van der Waals surface area contributed by atoms with Crippen molar-refractivity contribution in [2.24, 2.45) is 5.73 Å². The van der Waals surface area contributed by atoms with Crippen LogP contribution in [0.1, 0.15) is 5.56 Å². The molecule has 0 aliphatic heterocycles. The number of anilines is 2. The predicted octanol–water partition coefficient (Wildman–Crippen LogP) is 0.0524. The zero-order valence-electron chi connectivity index (χ0n) is 8.58. The zero-order chi connectivity index (χ0) is 11.3. The molecular weight excluding hydrogens is 194 g/mol. The molecule has 0 atom stereocenters. The molecule has 0 saturated carbocycles. The third-order valence-corrected chi connectivity index (χ3v) is 1.88. The number of carbonyl (C=O) groups is 1. The standard InChI is InChI=1S/C9H15N5O/c1-6-4-8(14-5-7(6)10)12-2-3-13-9(11)15/h4-5H,2-3,10H2,1H3,(H,12,14)(H3,11,13,15). The number of hydrogen-bond acceptors (Lipinski definition) is 4. The maximum absolute atomic E-state index is 10.4. The van der Waals surface area contributed by atoms with Gasteiger partial charge in [-0.1, -0.05) is 0 Å². The van der Waals surface area contributed by atoms with E-state index in [1.165, 1.54) is 0 Å². The molecule has 0 unspecified atom stereocenters. The highest BCUT2D eigenvalue weighted by molar-refractivity contribution is 5.71. The molecule has 0 bridgehead atoms. The Hall–Kier alpha value is -1.98. The van der Waals surface area contributed by atoms with Crippen LogP contribution in [0, 0.1) is 6.92 Å². The topological polar surface area (TPSA) is 106 Å². The minimum Gasteiger partial charge on any atom is -0.397 e. The molecule has 1 heterocycles. The fourth-order valence-corrected chi connectivity index (χ4v) is 1.04. The number of nitrogens with zero attached hydrogens (tertiary/aromatic N) is 1. The summed E-state index contributed by atoms with van der Waals surface area (Å²) >= 11 is 0. The van der Waals surface area contributed by atoms with E-state index in [2.05, 4.69) is 15.6 Å². The van der Waals surface area contributed by atoms with Crippen LogP contribution in [0.2, 0.25) is 0 Å². The minimum absolute atomic E-state index is 0.459. The second kappa shape index (κ2) is 5.04. The summed E-state index contributed by atoms with van der Waals surface area (Å²) in [5.74, 6) is 0.730. The number of nitrogen functional groups attached to an aromatic ring is 1. The van der Waals surface area contributed by atoms with Crippen LogP contribution in [0.5, 0.6) is 0 Å². The van der Waals surface area contributed by atoms with Gasteiger partial charge in [0.05, 0.1) is 11.9 Å². The van der Waals surface area contributed by atoms with Gasteiger partial charge in [0.2, 0.25) is 0 Å². The average molecular weight is 209 g/mol. The van der Waals surface area contributed by atoms with Gasteiger partial charge < -0.3 is 22.1 Å². The third kappa shape index (κ3) is 3.72. The van der Waals surface area contributed by atoms with Crippen LogP contribution in [0.3, 0.4) is 0 Å². The number of urea groups is 1. The molecule has 6 heteroatoms. The Morgan fingerprint density at radius 1 is 1.53 bits per heavy atom. The number of hydrogen-bond donors (Lipinski definition) is 4. The summed E-state index contributed by atoms with van der Waals surface area (Å²) < 4.78 is 0. The number of nitrogens with two attached hydrogens (primary N) is 2. The molecule has 0 radical (unpaired) electrons. The lowest BCUT2D eigenvalue weighted by Gasteiger charge is -2.07. The molecule has 0 aliphatic carbocycles. The average Bonchev–Trinajstić information content (AvgIpc) is 2.18. The largest absolute Gasteiger partial charge is 0.397 e. The Kier molecular flexibility index (Phi) is 3.73. The Bertz CT molecular complexity index is 352. The van der Waals surface area contributed by atoms with Gasteiger partial charge in [-0.25, -0.2) is 9.78 Å². The van der Waals surface area contributed by atoms with Gasteiger partial charge in [0.15, 0.2) is 0 Å². The van der Waals surface area contributed by atoms with Gasteiger partial charge in [-0.2, -0.15) is 0 Å². The first-order valence-electron chi connectivity index (χ1n) is 4.59. The zero-order valence-corrected chi connectivity index (χ0v) is 8.58. The van der Waals surface area contributed by atoms with Crippen LogP contribution >= 0.6 is 0 Å². The number of amides is 2. The van der Waals surface area contributed by atoms with E-state index < -0.39 is 6.03 Å². The number of nitrogens with one attached hydrogen (secondary N) is 2. The maximum Gasteiger partial charge on any atom is 0.312 e. The summed E-state index contributed by atoms with van der Waals surface area (Å²) in [7, 11) is 0. The molecule has 0 aliphatic rings. The Morgan fingerprint density at radius 2 is 2.27 bits per heavy atom. The molecule has 2 amide bonds. The highest BCUT2D eigenvalue weighted by Crippen LogP contribution is 2.12. The Labute approximate surface area is 88.1 Å². The van der Waals surface area contributed by atoms with Gasteiger partial charge in [0.25, 0.3) is 0 Å².